The predicted octanol–water partition coefficient (Wildman–Crippen LogP) is 4.13. The van der Waals surface area contributed by atoms with E-state index in [1.165, 1.54) is 24.3 Å². The molecular weight excluding hydrogens is 437 g/mol. The molecule has 168 valence electrons. The van der Waals surface area contributed by atoms with Gasteiger partial charge >= 0.3 is 5.97 Å². The fourth-order valence-electron chi connectivity index (χ4n) is 3.81. The van der Waals surface area contributed by atoms with Crippen LogP contribution in [0.3, 0.4) is 0 Å². The summed E-state index contributed by atoms with van der Waals surface area (Å²) in [6, 6.07) is 21.4. The van der Waals surface area contributed by atoms with Crippen LogP contribution in [0.2, 0.25) is 0 Å². The Kier molecular flexibility index (Phi) is 5.47. The molecule has 3 aromatic carbocycles. The maximum atomic E-state index is 13.4. The van der Waals surface area contributed by atoms with E-state index in [2.05, 4.69) is 5.10 Å². The average molecular weight is 455 g/mol. The number of imide groups is 1. The van der Waals surface area contributed by atoms with Crippen molar-refractivity contribution in [2.45, 2.75) is 0 Å². The molecule has 0 radical (unpaired) electrons. The van der Waals surface area contributed by atoms with Gasteiger partial charge in [0.1, 0.15) is 23.7 Å². The second-order valence-corrected chi connectivity index (χ2v) is 7.62. The lowest BCUT2D eigenvalue weighted by Gasteiger charge is -2.13. The molecule has 7 nitrogen and oxygen atoms in total. The molecule has 1 aliphatic rings. The number of benzene rings is 3. The lowest BCUT2D eigenvalue weighted by molar-refractivity contribution is 0.0421. The SMILES string of the molecule is O=C(OCCN1C(=O)c2ccccc2C1=O)c1cn(-c2ccccc2)nc1-c1ccc(F)cc1. The molecule has 0 N–H and O–H groups in total. The topological polar surface area (TPSA) is 81.5 Å². The van der Waals surface area contributed by atoms with Crippen molar-refractivity contribution in [2.24, 2.45) is 0 Å². The molecule has 4 aromatic rings. The predicted molar refractivity (Wildman–Crippen MR) is 121 cm³/mol. The third kappa shape index (κ3) is 3.86. The van der Waals surface area contributed by atoms with Crippen LogP contribution >= 0.6 is 0 Å². The summed E-state index contributed by atoms with van der Waals surface area (Å²) in [5.74, 6) is -1.91. The summed E-state index contributed by atoms with van der Waals surface area (Å²) >= 11 is 0. The fraction of sp³-hybridized carbons (Fsp3) is 0.0769. The minimum Gasteiger partial charge on any atom is -0.460 e. The molecule has 0 unspecified atom stereocenters. The van der Waals surface area contributed by atoms with E-state index in [0.717, 1.165) is 10.6 Å². The van der Waals surface area contributed by atoms with Crippen molar-refractivity contribution in [3.8, 4) is 16.9 Å². The second-order valence-electron chi connectivity index (χ2n) is 7.62. The molecule has 0 spiro atoms. The van der Waals surface area contributed by atoms with E-state index >= 15 is 0 Å². The van der Waals surface area contributed by atoms with Crippen molar-refractivity contribution < 1.29 is 23.5 Å². The highest BCUT2D eigenvalue weighted by Crippen LogP contribution is 2.25. The summed E-state index contributed by atoms with van der Waals surface area (Å²) in [6.07, 6.45) is 1.54. The first-order chi connectivity index (χ1) is 16.5. The Morgan fingerprint density at radius 3 is 2.12 bits per heavy atom. The summed E-state index contributed by atoms with van der Waals surface area (Å²) in [5.41, 5.74) is 2.45. The largest absolute Gasteiger partial charge is 0.460 e. The number of ether oxygens (including phenoxy) is 1. The minimum atomic E-state index is -0.668. The van der Waals surface area contributed by atoms with Gasteiger partial charge < -0.3 is 4.74 Å². The maximum Gasteiger partial charge on any atom is 0.342 e. The monoisotopic (exact) mass is 455 g/mol. The van der Waals surface area contributed by atoms with Crippen LogP contribution < -0.4 is 0 Å². The van der Waals surface area contributed by atoms with Gasteiger partial charge in [-0.05, 0) is 48.5 Å². The van der Waals surface area contributed by atoms with Crippen LogP contribution in [0.15, 0.2) is 85.1 Å². The van der Waals surface area contributed by atoms with Crippen LogP contribution in [-0.2, 0) is 4.74 Å². The Balaban J connectivity index is 1.36. The maximum absolute atomic E-state index is 13.4. The Hall–Kier alpha value is -4.59. The van der Waals surface area contributed by atoms with Gasteiger partial charge in [0.2, 0.25) is 0 Å². The molecule has 0 saturated carbocycles. The summed E-state index contributed by atoms with van der Waals surface area (Å²) in [5, 5.41) is 4.51. The fourth-order valence-corrected chi connectivity index (χ4v) is 3.81. The van der Waals surface area contributed by atoms with E-state index in [9.17, 15) is 18.8 Å². The van der Waals surface area contributed by atoms with Gasteiger partial charge in [0, 0.05) is 11.8 Å². The van der Waals surface area contributed by atoms with Crippen LogP contribution in [0, 0.1) is 5.82 Å². The molecule has 1 aromatic heterocycles. The second kappa shape index (κ2) is 8.74. The van der Waals surface area contributed by atoms with Crippen LogP contribution in [0.5, 0.6) is 0 Å². The van der Waals surface area contributed by atoms with E-state index < -0.39 is 23.6 Å². The molecule has 2 heterocycles. The van der Waals surface area contributed by atoms with Gasteiger partial charge in [0.05, 0.1) is 23.4 Å². The molecule has 2 amide bonds. The van der Waals surface area contributed by atoms with E-state index in [1.807, 2.05) is 30.3 Å². The number of amides is 2. The molecule has 5 rings (SSSR count). The number of carbonyl (C=O) groups is 3. The normalized spacial score (nSPS) is 12.7. The van der Waals surface area contributed by atoms with Gasteiger partial charge in [-0.1, -0.05) is 30.3 Å². The molecule has 8 heteroatoms. The van der Waals surface area contributed by atoms with Crippen molar-refractivity contribution in [2.75, 3.05) is 13.2 Å². The number of aromatic nitrogens is 2. The number of nitrogens with zero attached hydrogens (tertiary/aromatic N) is 3. The summed E-state index contributed by atoms with van der Waals surface area (Å²) in [6.45, 7) is -0.250. The van der Waals surface area contributed by atoms with Crippen LogP contribution in [0.4, 0.5) is 4.39 Å². The van der Waals surface area contributed by atoms with E-state index in [1.54, 1.807) is 35.1 Å². The van der Waals surface area contributed by atoms with Crippen molar-refractivity contribution in [1.82, 2.24) is 14.7 Å². The Morgan fingerprint density at radius 2 is 1.47 bits per heavy atom. The van der Waals surface area contributed by atoms with Crippen LogP contribution in [0.1, 0.15) is 31.1 Å². The van der Waals surface area contributed by atoms with E-state index in [0.29, 0.717) is 22.4 Å². The first-order valence-corrected chi connectivity index (χ1v) is 10.6. The van der Waals surface area contributed by atoms with Gasteiger partial charge in [-0.15, -0.1) is 0 Å². The van der Waals surface area contributed by atoms with Gasteiger partial charge in [-0.25, -0.2) is 13.9 Å². The van der Waals surface area contributed by atoms with E-state index in [-0.39, 0.29) is 18.7 Å². The smallest absolute Gasteiger partial charge is 0.342 e. The number of carbonyl (C=O) groups excluding carboxylic acids is 3. The lowest BCUT2D eigenvalue weighted by atomic mass is 10.1. The number of esters is 1. The third-order valence-corrected chi connectivity index (χ3v) is 5.50. The van der Waals surface area contributed by atoms with Gasteiger partial charge in [0.15, 0.2) is 0 Å². The number of hydrogen-bond acceptors (Lipinski definition) is 5. The zero-order valence-corrected chi connectivity index (χ0v) is 17.8. The number of para-hydroxylation sites is 1. The minimum absolute atomic E-state index is 0.0726. The quantitative estimate of drug-likeness (QED) is 0.323. The molecule has 0 aliphatic carbocycles. The first kappa shape index (κ1) is 21.3. The van der Waals surface area contributed by atoms with E-state index in [4.69, 9.17) is 4.74 Å². The Morgan fingerprint density at radius 1 is 0.853 bits per heavy atom. The van der Waals surface area contributed by atoms with Crippen molar-refractivity contribution in [1.29, 1.82) is 0 Å². The van der Waals surface area contributed by atoms with Crippen LogP contribution in [0.25, 0.3) is 16.9 Å². The zero-order valence-electron chi connectivity index (χ0n) is 17.8. The van der Waals surface area contributed by atoms with Crippen LogP contribution in [-0.4, -0.2) is 45.6 Å². The van der Waals surface area contributed by atoms with Crippen molar-refractivity contribution in [3.05, 3.63) is 108 Å². The molecular formula is C26H18FN3O4. The molecule has 0 saturated heterocycles. The number of rotatable bonds is 6. The van der Waals surface area contributed by atoms with Gasteiger partial charge in [-0.3, -0.25) is 14.5 Å². The number of fused-ring (bicyclic) bond motifs is 1. The zero-order chi connectivity index (χ0) is 23.7. The highest BCUT2D eigenvalue weighted by atomic mass is 19.1. The van der Waals surface area contributed by atoms with Crippen molar-refractivity contribution >= 4 is 17.8 Å². The average Bonchev–Trinajstić information content (AvgIpc) is 3.41. The molecule has 34 heavy (non-hydrogen) atoms. The standard InChI is InChI=1S/C26H18FN3O4/c27-18-12-10-17(11-13-18)23-22(16-30(28-23)19-6-2-1-3-7-19)26(33)34-15-14-29-24(31)20-8-4-5-9-21(20)25(29)32/h1-13,16H,14-15H2. The highest BCUT2D eigenvalue weighted by molar-refractivity contribution is 6.21. The summed E-state index contributed by atoms with van der Waals surface area (Å²) < 4.78 is 20.4. The number of hydrogen-bond donors (Lipinski definition) is 0. The van der Waals surface area contributed by atoms with Crippen molar-refractivity contribution in [3.63, 3.8) is 0 Å². The molecule has 0 fully saturated rings. The molecule has 0 atom stereocenters. The Bertz CT molecular complexity index is 1360. The van der Waals surface area contributed by atoms with Gasteiger partial charge in [-0.2, -0.15) is 5.10 Å². The molecule has 1 aliphatic heterocycles. The number of halogens is 1. The third-order valence-electron chi connectivity index (χ3n) is 5.50. The Labute approximate surface area is 194 Å². The molecule has 0 bridgehead atoms. The lowest BCUT2D eigenvalue weighted by Crippen LogP contribution is -2.33. The summed E-state index contributed by atoms with van der Waals surface area (Å²) in [7, 11) is 0. The highest BCUT2D eigenvalue weighted by Gasteiger charge is 2.35. The van der Waals surface area contributed by atoms with Gasteiger partial charge in [0.25, 0.3) is 11.8 Å². The first-order valence-electron chi connectivity index (χ1n) is 10.6. The summed E-state index contributed by atoms with van der Waals surface area (Å²) in [4.78, 5) is 39.0.